The van der Waals surface area contributed by atoms with Crippen LogP contribution in [-0.2, 0) is 6.42 Å². The van der Waals surface area contributed by atoms with E-state index >= 15 is 0 Å². The minimum Gasteiger partial charge on any atom is -0.370 e. The van der Waals surface area contributed by atoms with Crippen LogP contribution >= 0.6 is 0 Å². The summed E-state index contributed by atoms with van der Waals surface area (Å²) in [4.78, 5) is 16.8. The van der Waals surface area contributed by atoms with Crippen LogP contribution in [0, 0.1) is 11.6 Å². The summed E-state index contributed by atoms with van der Waals surface area (Å²) in [6.07, 6.45) is 3.74. The molecule has 1 aliphatic heterocycles. The number of aromatic nitrogens is 2. The first-order chi connectivity index (χ1) is 12.1. The molecule has 132 valence electrons. The highest BCUT2D eigenvalue weighted by Gasteiger charge is 2.19. The van der Waals surface area contributed by atoms with Crippen molar-refractivity contribution in [1.82, 2.24) is 14.9 Å². The Bertz CT molecular complexity index is 729. The van der Waals surface area contributed by atoms with Crippen LogP contribution in [0.15, 0.2) is 41.7 Å². The van der Waals surface area contributed by atoms with Crippen LogP contribution in [0.25, 0.3) is 0 Å². The van der Waals surface area contributed by atoms with Crippen LogP contribution in [0.5, 0.6) is 0 Å². The molecule has 0 radical (unpaired) electrons. The molecule has 1 saturated heterocycles. The van der Waals surface area contributed by atoms with Gasteiger partial charge in [-0.05, 0) is 36.2 Å². The number of nitrogens with two attached hydrogens (primary N) is 1. The van der Waals surface area contributed by atoms with E-state index in [2.05, 4.69) is 19.9 Å². The highest BCUT2D eigenvalue weighted by Crippen LogP contribution is 2.11. The summed E-state index contributed by atoms with van der Waals surface area (Å²) in [5, 5.41) is 0. The first kappa shape index (κ1) is 17.1. The monoisotopic (exact) mass is 346 g/mol. The van der Waals surface area contributed by atoms with E-state index in [4.69, 9.17) is 5.73 Å². The Labute approximate surface area is 145 Å². The topological polar surface area (TPSA) is 70.6 Å². The van der Waals surface area contributed by atoms with Gasteiger partial charge in [-0.3, -0.25) is 4.99 Å². The van der Waals surface area contributed by atoms with Crippen molar-refractivity contribution in [3.05, 3.63) is 53.9 Å². The smallest absolute Gasteiger partial charge is 0.225 e. The van der Waals surface area contributed by atoms with Gasteiger partial charge in [0.1, 0.15) is 11.6 Å². The second-order valence-electron chi connectivity index (χ2n) is 5.75. The van der Waals surface area contributed by atoms with Crippen molar-refractivity contribution in [3.8, 4) is 0 Å². The van der Waals surface area contributed by atoms with Gasteiger partial charge >= 0.3 is 0 Å². The molecule has 8 heteroatoms. The number of halogens is 2. The van der Waals surface area contributed by atoms with Crippen molar-refractivity contribution in [2.75, 3.05) is 37.6 Å². The highest BCUT2D eigenvalue weighted by molar-refractivity contribution is 5.78. The van der Waals surface area contributed by atoms with Gasteiger partial charge in [-0.25, -0.2) is 18.7 Å². The molecule has 25 heavy (non-hydrogen) atoms. The summed E-state index contributed by atoms with van der Waals surface area (Å²) in [6, 6.07) is 5.21. The van der Waals surface area contributed by atoms with Gasteiger partial charge in [0.2, 0.25) is 5.95 Å². The number of anilines is 1. The molecule has 0 saturated carbocycles. The molecule has 0 spiro atoms. The van der Waals surface area contributed by atoms with E-state index in [1.165, 1.54) is 6.07 Å². The first-order valence-electron chi connectivity index (χ1n) is 8.14. The molecule has 6 nitrogen and oxygen atoms in total. The van der Waals surface area contributed by atoms with Gasteiger partial charge in [-0.2, -0.15) is 0 Å². The van der Waals surface area contributed by atoms with E-state index in [0.717, 1.165) is 25.2 Å². The fourth-order valence-corrected chi connectivity index (χ4v) is 2.72. The van der Waals surface area contributed by atoms with Gasteiger partial charge in [-0.15, -0.1) is 0 Å². The van der Waals surface area contributed by atoms with Gasteiger partial charge in [0.15, 0.2) is 5.96 Å². The fourth-order valence-electron chi connectivity index (χ4n) is 2.72. The van der Waals surface area contributed by atoms with Gasteiger partial charge in [-0.1, -0.05) is 0 Å². The molecule has 1 aliphatic rings. The maximum atomic E-state index is 13.6. The Morgan fingerprint density at radius 1 is 1.12 bits per heavy atom. The van der Waals surface area contributed by atoms with Crippen LogP contribution in [-0.4, -0.2) is 53.6 Å². The largest absolute Gasteiger partial charge is 0.370 e. The summed E-state index contributed by atoms with van der Waals surface area (Å²) in [5.41, 5.74) is 6.33. The molecule has 1 fully saturated rings. The van der Waals surface area contributed by atoms with Crippen LogP contribution in [0.2, 0.25) is 0 Å². The number of piperazine rings is 1. The maximum absolute atomic E-state index is 13.6. The minimum absolute atomic E-state index is 0.308. The van der Waals surface area contributed by atoms with Crippen LogP contribution in [0.3, 0.4) is 0 Å². The second-order valence-corrected chi connectivity index (χ2v) is 5.75. The molecule has 0 unspecified atom stereocenters. The van der Waals surface area contributed by atoms with E-state index in [0.29, 0.717) is 43.5 Å². The normalized spacial score (nSPS) is 15.5. The fraction of sp³-hybridized carbons (Fsp3) is 0.353. The standard InChI is InChI=1S/C17H20F2N6/c18-14-2-3-15(19)13(12-14)4-7-21-16(20)24-8-10-25(11-9-24)17-22-5-1-6-23-17/h1-3,5-6,12H,4,7-11H2,(H2,20,21). The van der Waals surface area contributed by atoms with E-state index in [1.807, 2.05) is 4.90 Å². The van der Waals surface area contributed by atoms with Crippen LogP contribution in [0.1, 0.15) is 5.56 Å². The van der Waals surface area contributed by atoms with Crippen LogP contribution in [0.4, 0.5) is 14.7 Å². The molecule has 3 rings (SSSR count). The summed E-state index contributed by atoms with van der Waals surface area (Å²) < 4.78 is 26.7. The Morgan fingerprint density at radius 2 is 1.84 bits per heavy atom. The molecule has 2 aromatic rings. The highest BCUT2D eigenvalue weighted by atomic mass is 19.1. The molecule has 2 heterocycles. The molecular weight excluding hydrogens is 326 g/mol. The second kappa shape index (κ2) is 7.87. The van der Waals surface area contributed by atoms with E-state index in [-0.39, 0.29) is 0 Å². The van der Waals surface area contributed by atoms with E-state index < -0.39 is 11.6 Å². The Balaban J connectivity index is 1.51. The summed E-state index contributed by atoms with van der Waals surface area (Å²) >= 11 is 0. The van der Waals surface area contributed by atoms with Crippen LogP contribution < -0.4 is 10.6 Å². The van der Waals surface area contributed by atoms with Gasteiger partial charge in [0.05, 0.1) is 0 Å². The van der Waals surface area contributed by atoms with E-state index in [1.54, 1.807) is 18.5 Å². The molecule has 0 atom stereocenters. The average Bonchev–Trinajstić information content (AvgIpc) is 2.65. The first-order valence-corrected chi connectivity index (χ1v) is 8.14. The number of nitrogens with zero attached hydrogens (tertiary/aromatic N) is 5. The molecule has 2 N–H and O–H groups in total. The van der Waals surface area contributed by atoms with E-state index in [9.17, 15) is 8.78 Å². The lowest BCUT2D eigenvalue weighted by atomic mass is 10.1. The SMILES string of the molecule is NC(=NCCc1cc(F)ccc1F)N1CCN(c2ncccn2)CC1. The third kappa shape index (κ3) is 4.40. The molecule has 1 aromatic heterocycles. The quantitative estimate of drug-likeness (QED) is 0.670. The van der Waals surface area contributed by atoms with Gasteiger partial charge < -0.3 is 15.5 Å². The maximum Gasteiger partial charge on any atom is 0.225 e. The third-order valence-electron chi connectivity index (χ3n) is 4.10. The van der Waals surface area contributed by atoms with Crippen molar-refractivity contribution in [1.29, 1.82) is 0 Å². The van der Waals surface area contributed by atoms with Crippen molar-refractivity contribution >= 4 is 11.9 Å². The summed E-state index contributed by atoms with van der Waals surface area (Å²) in [6.45, 7) is 3.23. The number of aliphatic imine (C=N–C) groups is 1. The Morgan fingerprint density at radius 3 is 2.56 bits per heavy atom. The lowest BCUT2D eigenvalue weighted by Crippen LogP contribution is -2.51. The lowest BCUT2D eigenvalue weighted by molar-refractivity contribution is 0.378. The number of hydrogen-bond donors (Lipinski definition) is 1. The third-order valence-corrected chi connectivity index (χ3v) is 4.10. The Hall–Kier alpha value is -2.77. The molecular formula is C17H20F2N6. The number of rotatable bonds is 4. The van der Waals surface area contributed by atoms with Gasteiger partial charge in [0.25, 0.3) is 0 Å². The van der Waals surface area contributed by atoms with Crippen molar-refractivity contribution in [3.63, 3.8) is 0 Å². The van der Waals surface area contributed by atoms with Crippen molar-refractivity contribution < 1.29 is 8.78 Å². The van der Waals surface area contributed by atoms with Crippen molar-refractivity contribution in [2.24, 2.45) is 10.7 Å². The summed E-state index contributed by atoms with van der Waals surface area (Å²) in [7, 11) is 0. The summed E-state index contributed by atoms with van der Waals surface area (Å²) in [5.74, 6) is 0.254. The lowest BCUT2D eigenvalue weighted by Gasteiger charge is -2.35. The zero-order valence-corrected chi connectivity index (χ0v) is 13.8. The zero-order valence-electron chi connectivity index (χ0n) is 13.8. The zero-order chi connectivity index (χ0) is 17.6. The van der Waals surface area contributed by atoms with Crippen molar-refractivity contribution in [2.45, 2.75) is 6.42 Å². The number of hydrogen-bond acceptors (Lipinski definition) is 4. The van der Waals surface area contributed by atoms with Gasteiger partial charge in [0, 0.05) is 45.1 Å². The minimum atomic E-state index is -0.451. The predicted octanol–water partition coefficient (Wildman–Crippen LogP) is 1.43. The Kier molecular flexibility index (Phi) is 5.37. The molecule has 0 aliphatic carbocycles. The molecule has 0 amide bonds. The molecule has 0 bridgehead atoms. The number of benzene rings is 1. The average molecular weight is 346 g/mol. The number of guanidine groups is 1. The predicted molar refractivity (Wildman–Crippen MR) is 92.4 cm³/mol. The molecule has 1 aromatic carbocycles.